The van der Waals surface area contributed by atoms with E-state index in [0.29, 0.717) is 6.42 Å². The van der Waals surface area contributed by atoms with Crippen molar-refractivity contribution in [3.8, 4) is 0 Å². The summed E-state index contributed by atoms with van der Waals surface area (Å²) in [6.45, 7) is 11.2. The summed E-state index contributed by atoms with van der Waals surface area (Å²) in [5.41, 5.74) is -0.628. The summed E-state index contributed by atoms with van der Waals surface area (Å²) in [4.78, 5) is 31.9. The molecule has 0 spiro atoms. The van der Waals surface area contributed by atoms with Gasteiger partial charge < -0.3 is 14.6 Å². The molecule has 1 unspecified atom stereocenters. The molecule has 0 saturated carbocycles. The standard InChI is InChI=1S/C12H20O7/c1-7-11(4,5)18-19-12(6,17-10(14)15)16-9(13)8(2)3/h2,7H2,1,3-6H3,(H,14,15). The largest absolute Gasteiger partial charge is 0.510 e. The van der Waals surface area contributed by atoms with Crippen LogP contribution in [0.1, 0.15) is 41.0 Å². The van der Waals surface area contributed by atoms with Crippen LogP contribution in [-0.2, 0) is 24.0 Å². The summed E-state index contributed by atoms with van der Waals surface area (Å²) >= 11 is 0. The molecule has 0 rings (SSSR count). The maximum Gasteiger partial charge on any atom is 0.510 e. The van der Waals surface area contributed by atoms with Gasteiger partial charge in [-0.25, -0.2) is 14.5 Å². The summed E-state index contributed by atoms with van der Waals surface area (Å²) < 4.78 is 9.15. The maximum absolute atomic E-state index is 11.4. The molecule has 19 heavy (non-hydrogen) atoms. The van der Waals surface area contributed by atoms with E-state index >= 15 is 0 Å². The second kappa shape index (κ2) is 6.53. The highest BCUT2D eigenvalue weighted by molar-refractivity contribution is 5.87. The van der Waals surface area contributed by atoms with Crippen molar-refractivity contribution in [1.82, 2.24) is 0 Å². The Bertz CT molecular complexity index is 361. The highest BCUT2D eigenvalue weighted by atomic mass is 17.3. The quantitative estimate of drug-likeness (QED) is 0.251. The third-order valence-corrected chi connectivity index (χ3v) is 2.17. The van der Waals surface area contributed by atoms with Gasteiger partial charge in [0.25, 0.3) is 0 Å². The predicted molar refractivity (Wildman–Crippen MR) is 65.0 cm³/mol. The molecule has 110 valence electrons. The van der Waals surface area contributed by atoms with Crippen molar-refractivity contribution in [3.05, 3.63) is 12.2 Å². The van der Waals surface area contributed by atoms with Crippen molar-refractivity contribution in [2.75, 3.05) is 0 Å². The third-order valence-electron chi connectivity index (χ3n) is 2.17. The molecule has 7 nitrogen and oxygen atoms in total. The Balaban J connectivity index is 4.82. The van der Waals surface area contributed by atoms with Crippen molar-refractivity contribution in [1.29, 1.82) is 0 Å². The highest BCUT2D eigenvalue weighted by Gasteiger charge is 2.38. The fourth-order valence-corrected chi connectivity index (χ4v) is 0.716. The molecule has 0 aromatic heterocycles. The number of hydrogen-bond donors (Lipinski definition) is 1. The van der Waals surface area contributed by atoms with Crippen molar-refractivity contribution >= 4 is 12.1 Å². The van der Waals surface area contributed by atoms with Crippen LogP contribution >= 0.6 is 0 Å². The first-order chi connectivity index (χ1) is 8.51. The van der Waals surface area contributed by atoms with Gasteiger partial charge in [0, 0.05) is 12.5 Å². The molecule has 0 aliphatic rings. The van der Waals surface area contributed by atoms with Gasteiger partial charge in [0.05, 0.1) is 5.60 Å². The van der Waals surface area contributed by atoms with Crippen molar-refractivity contribution in [2.24, 2.45) is 0 Å². The zero-order chi connectivity index (χ0) is 15.3. The van der Waals surface area contributed by atoms with Gasteiger partial charge in [0.1, 0.15) is 0 Å². The Labute approximate surface area is 112 Å². The molecule has 0 aromatic carbocycles. The first kappa shape index (κ1) is 17.4. The van der Waals surface area contributed by atoms with E-state index in [2.05, 4.69) is 11.3 Å². The minimum Gasteiger partial charge on any atom is -0.450 e. The number of carbonyl (C=O) groups excluding carboxylic acids is 1. The van der Waals surface area contributed by atoms with Crippen LogP contribution in [0, 0.1) is 0 Å². The predicted octanol–water partition coefficient (Wildman–Crippen LogP) is 2.61. The van der Waals surface area contributed by atoms with Gasteiger partial charge >= 0.3 is 18.1 Å². The fourth-order valence-electron chi connectivity index (χ4n) is 0.716. The average molecular weight is 276 g/mol. The average Bonchev–Trinajstić information content (AvgIpc) is 2.25. The smallest absolute Gasteiger partial charge is 0.450 e. The molecule has 0 amide bonds. The molecular formula is C12H20O7. The highest BCUT2D eigenvalue weighted by Crippen LogP contribution is 2.22. The van der Waals surface area contributed by atoms with Crippen LogP contribution < -0.4 is 0 Å². The maximum atomic E-state index is 11.4. The van der Waals surface area contributed by atoms with Gasteiger partial charge in [-0.15, -0.1) is 4.89 Å². The van der Waals surface area contributed by atoms with Crippen molar-refractivity contribution in [3.63, 3.8) is 0 Å². The number of hydrogen-bond acceptors (Lipinski definition) is 6. The first-order valence-corrected chi connectivity index (χ1v) is 5.69. The van der Waals surface area contributed by atoms with Gasteiger partial charge in [0.2, 0.25) is 0 Å². The molecule has 0 bridgehead atoms. The van der Waals surface area contributed by atoms with Crippen molar-refractivity contribution < 1.29 is 33.9 Å². The molecular weight excluding hydrogens is 256 g/mol. The molecule has 0 saturated heterocycles. The summed E-state index contributed by atoms with van der Waals surface area (Å²) in [6.07, 6.45) is -1.08. The molecule has 0 radical (unpaired) electrons. The van der Waals surface area contributed by atoms with Crippen LogP contribution in [0.2, 0.25) is 0 Å². The van der Waals surface area contributed by atoms with E-state index in [4.69, 9.17) is 19.6 Å². The van der Waals surface area contributed by atoms with E-state index in [1.54, 1.807) is 13.8 Å². The number of esters is 1. The Morgan fingerprint density at radius 3 is 2.05 bits per heavy atom. The molecule has 0 aliphatic heterocycles. The minimum absolute atomic E-state index is 0.0681. The summed E-state index contributed by atoms with van der Waals surface area (Å²) in [5, 5.41) is 8.62. The van der Waals surface area contributed by atoms with E-state index in [-0.39, 0.29) is 5.57 Å². The molecule has 0 aromatic rings. The normalized spacial score (nSPS) is 14.4. The second-order valence-electron chi connectivity index (χ2n) is 4.68. The first-order valence-electron chi connectivity index (χ1n) is 5.69. The Morgan fingerprint density at radius 1 is 1.16 bits per heavy atom. The lowest BCUT2D eigenvalue weighted by atomic mass is 10.1. The van der Waals surface area contributed by atoms with Gasteiger partial charge in [-0.3, -0.25) is 0 Å². The van der Waals surface area contributed by atoms with E-state index in [9.17, 15) is 9.59 Å². The topological polar surface area (TPSA) is 91.3 Å². The molecule has 0 aliphatic carbocycles. The molecule has 1 N–H and O–H groups in total. The third kappa shape index (κ3) is 6.78. The minimum atomic E-state index is -2.20. The van der Waals surface area contributed by atoms with Gasteiger partial charge in [-0.2, -0.15) is 0 Å². The molecule has 7 heteroatoms. The monoisotopic (exact) mass is 276 g/mol. The Kier molecular flexibility index (Phi) is 5.98. The van der Waals surface area contributed by atoms with E-state index < -0.39 is 23.7 Å². The summed E-state index contributed by atoms with van der Waals surface area (Å²) in [6, 6.07) is 0. The number of ether oxygens (including phenoxy) is 2. The Morgan fingerprint density at radius 2 is 1.68 bits per heavy atom. The fraction of sp³-hybridized carbons (Fsp3) is 0.667. The van der Waals surface area contributed by atoms with Crippen molar-refractivity contribution in [2.45, 2.75) is 52.6 Å². The molecule has 0 heterocycles. The van der Waals surface area contributed by atoms with Gasteiger partial charge in [-0.05, 0) is 27.2 Å². The zero-order valence-electron chi connectivity index (χ0n) is 11.8. The molecule has 0 fully saturated rings. The van der Waals surface area contributed by atoms with Crippen LogP contribution in [0.15, 0.2) is 12.2 Å². The Hall–Kier alpha value is -1.60. The van der Waals surface area contributed by atoms with Crippen LogP contribution in [-0.4, -0.2) is 28.8 Å². The lowest BCUT2D eigenvalue weighted by Crippen LogP contribution is -2.42. The number of carbonyl (C=O) groups is 2. The SMILES string of the molecule is C=C(C)C(=O)OC(C)(OOC(C)(C)CC)OC(=O)O. The van der Waals surface area contributed by atoms with Crippen LogP contribution in [0.25, 0.3) is 0 Å². The van der Waals surface area contributed by atoms with E-state index in [1.165, 1.54) is 6.92 Å². The van der Waals surface area contributed by atoms with E-state index in [0.717, 1.165) is 6.92 Å². The van der Waals surface area contributed by atoms with Crippen LogP contribution in [0.5, 0.6) is 0 Å². The van der Waals surface area contributed by atoms with Crippen LogP contribution in [0.4, 0.5) is 4.79 Å². The van der Waals surface area contributed by atoms with Crippen LogP contribution in [0.3, 0.4) is 0 Å². The molecule has 1 atom stereocenters. The van der Waals surface area contributed by atoms with E-state index in [1.807, 2.05) is 6.92 Å². The lowest BCUT2D eigenvalue weighted by molar-refractivity contribution is -0.501. The van der Waals surface area contributed by atoms with Gasteiger partial charge in [-0.1, -0.05) is 13.5 Å². The lowest BCUT2D eigenvalue weighted by Gasteiger charge is -2.30. The number of rotatable bonds is 7. The van der Waals surface area contributed by atoms with Gasteiger partial charge in [0.15, 0.2) is 0 Å². The number of carboxylic acid groups (broad SMARTS) is 1. The summed E-state index contributed by atoms with van der Waals surface area (Å²) in [5.74, 6) is -3.06. The zero-order valence-corrected chi connectivity index (χ0v) is 11.8. The summed E-state index contributed by atoms with van der Waals surface area (Å²) in [7, 11) is 0. The second-order valence-corrected chi connectivity index (χ2v) is 4.68.